The molecule has 0 aliphatic heterocycles. The Kier molecular flexibility index (Phi) is 4.07. The highest BCUT2D eigenvalue weighted by Gasteiger charge is 2.23. The summed E-state index contributed by atoms with van der Waals surface area (Å²) >= 11 is 1.70. The molecule has 3 nitrogen and oxygen atoms in total. The molecule has 0 fully saturated rings. The van der Waals surface area contributed by atoms with Gasteiger partial charge < -0.3 is 5.32 Å². The Morgan fingerprint density at radius 1 is 1.28 bits per heavy atom. The van der Waals surface area contributed by atoms with Crippen LogP contribution >= 0.6 is 11.3 Å². The Hall–Kier alpha value is -0.870. The van der Waals surface area contributed by atoms with E-state index in [1.807, 2.05) is 0 Å². The number of nitrogens with one attached hydrogen (secondary N) is 1. The van der Waals surface area contributed by atoms with Crippen molar-refractivity contribution in [1.29, 1.82) is 0 Å². The summed E-state index contributed by atoms with van der Waals surface area (Å²) in [6.45, 7) is 9.80. The van der Waals surface area contributed by atoms with Gasteiger partial charge in [-0.15, -0.1) is 11.3 Å². The summed E-state index contributed by atoms with van der Waals surface area (Å²) in [5.41, 5.74) is 2.71. The fraction of sp³-hybridized carbons (Fsp3) is 0.643. The third kappa shape index (κ3) is 2.31. The molecule has 4 heteroatoms. The zero-order valence-corrected chi connectivity index (χ0v) is 12.6. The van der Waals surface area contributed by atoms with Gasteiger partial charge in [-0.25, -0.2) is 4.98 Å². The van der Waals surface area contributed by atoms with E-state index in [9.17, 15) is 0 Å². The highest BCUT2D eigenvalue weighted by molar-refractivity contribution is 7.15. The van der Waals surface area contributed by atoms with E-state index >= 15 is 0 Å². The molecule has 2 aromatic heterocycles. The molecular weight excluding hydrogens is 242 g/mol. The van der Waals surface area contributed by atoms with Gasteiger partial charge in [-0.05, 0) is 26.2 Å². The van der Waals surface area contributed by atoms with Gasteiger partial charge in [0.15, 0.2) is 4.96 Å². The summed E-state index contributed by atoms with van der Waals surface area (Å²) in [6.07, 6.45) is 5.63. The van der Waals surface area contributed by atoms with E-state index in [4.69, 9.17) is 0 Å². The van der Waals surface area contributed by atoms with Crippen LogP contribution in [0.4, 0.5) is 0 Å². The number of fused-ring (bicyclic) bond motifs is 1. The molecule has 0 aliphatic carbocycles. The molecule has 0 unspecified atom stereocenters. The molecule has 0 radical (unpaired) electrons. The first-order valence-electron chi connectivity index (χ1n) is 6.81. The average Bonchev–Trinajstić information content (AvgIpc) is 2.93. The van der Waals surface area contributed by atoms with Crippen molar-refractivity contribution < 1.29 is 0 Å². The van der Waals surface area contributed by atoms with Crippen molar-refractivity contribution in [3.05, 3.63) is 23.0 Å². The normalized spacial score (nSPS) is 12.4. The fourth-order valence-electron chi connectivity index (χ4n) is 2.55. The molecule has 0 saturated carbocycles. The molecule has 2 heterocycles. The minimum absolute atomic E-state index is 0.270. The molecule has 0 bridgehead atoms. The summed E-state index contributed by atoms with van der Waals surface area (Å²) in [6, 6.07) is 0. The standard InChI is InChI=1S/C14H23N3S/c1-5-14(6-2,7-3)15-10-12-11(4)16-13-17(12)8-9-18-13/h8-9,15H,5-7,10H2,1-4H3. The van der Waals surface area contributed by atoms with Gasteiger partial charge in [0.25, 0.3) is 0 Å². The third-order valence-electron chi connectivity index (χ3n) is 4.22. The molecule has 0 aliphatic rings. The van der Waals surface area contributed by atoms with Crippen LogP contribution in [0.15, 0.2) is 11.6 Å². The first-order chi connectivity index (χ1) is 8.65. The van der Waals surface area contributed by atoms with Gasteiger partial charge in [0, 0.05) is 23.7 Å². The molecule has 1 N–H and O–H groups in total. The quantitative estimate of drug-likeness (QED) is 0.861. The number of aromatic nitrogens is 2. The van der Waals surface area contributed by atoms with Crippen molar-refractivity contribution in [2.75, 3.05) is 0 Å². The first-order valence-corrected chi connectivity index (χ1v) is 7.69. The van der Waals surface area contributed by atoms with Crippen LogP contribution in [-0.2, 0) is 6.54 Å². The van der Waals surface area contributed by atoms with Crippen molar-refractivity contribution in [3.63, 3.8) is 0 Å². The predicted molar refractivity (Wildman–Crippen MR) is 78.2 cm³/mol. The lowest BCUT2D eigenvalue weighted by Gasteiger charge is -2.32. The summed E-state index contributed by atoms with van der Waals surface area (Å²) < 4.78 is 2.21. The summed E-state index contributed by atoms with van der Waals surface area (Å²) in [4.78, 5) is 5.69. The van der Waals surface area contributed by atoms with E-state index in [2.05, 4.69) is 54.0 Å². The van der Waals surface area contributed by atoms with Gasteiger partial charge >= 0.3 is 0 Å². The number of aryl methyl sites for hydroxylation is 1. The SMILES string of the molecule is CCC(CC)(CC)NCc1c(C)nc2sccn12. The average molecular weight is 265 g/mol. The zero-order chi connectivity index (χ0) is 13.2. The molecule has 0 saturated heterocycles. The molecule has 0 amide bonds. The van der Waals surface area contributed by atoms with Gasteiger partial charge in [-0.1, -0.05) is 20.8 Å². The van der Waals surface area contributed by atoms with E-state index < -0.39 is 0 Å². The number of nitrogens with zero attached hydrogens (tertiary/aromatic N) is 2. The van der Waals surface area contributed by atoms with E-state index in [0.29, 0.717) is 0 Å². The zero-order valence-electron chi connectivity index (χ0n) is 11.8. The fourth-order valence-corrected chi connectivity index (χ4v) is 3.33. The Bertz CT molecular complexity index is 500. The van der Waals surface area contributed by atoms with Crippen molar-refractivity contribution >= 4 is 16.3 Å². The maximum Gasteiger partial charge on any atom is 0.194 e. The molecule has 100 valence electrons. The molecule has 2 aromatic rings. The van der Waals surface area contributed by atoms with Crippen molar-refractivity contribution in [1.82, 2.24) is 14.7 Å². The Balaban J connectivity index is 2.18. The Labute approximate surface area is 113 Å². The second-order valence-electron chi connectivity index (χ2n) is 4.89. The predicted octanol–water partition coefficient (Wildman–Crippen LogP) is 3.76. The minimum atomic E-state index is 0.270. The van der Waals surface area contributed by atoms with Crippen molar-refractivity contribution in [3.8, 4) is 0 Å². The van der Waals surface area contributed by atoms with Crippen molar-refractivity contribution in [2.45, 2.75) is 59.0 Å². The number of rotatable bonds is 6. The molecule has 2 rings (SSSR count). The third-order valence-corrected chi connectivity index (χ3v) is 4.98. The second kappa shape index (κ2) is 5.41. The summed E-state index contributed by atoms with van der Waals surface area (Å²) in [7, 11) is 0. The van der Waals surface area contributed by atoms with Crippen LogP contribution in [0.2, 0.25) is 0 Å². The topological polar surface area (TPSA) is 29.3 Å². The number of hydrogen-bond donors (Lipinski definition) is 1. The molecular formula is C14H23N3S. The highest BCUT2D eigenvalue weighted by Crippen LogP contribution is 2.22. The Morgan fingerprint density at radius 2 is 1.94 bits per heavy atom. The monoisotopic (exact) mass is 265 g/mol. The largest absolute Gasteiger partial charge is 0.306 e. The number of hydrogen-bond acceptors (Lipinski definition) is 3. The van der Waals surface area contributed by atoms with Crippen LogP contribution in [-0.4, -0.2) is 14.9 Å². The highest BCUT2D eigenvalue weighted by atomic mass is 32.1. The second-order valence-corrected chi connectivity index (χ2v) is 5.77. The van der Waals surface area contributed by atoms with Crippen LogP contribution in [0.1, 0.15) is 51.4 Å². The summed E-state index contributed by atoms with van der Waals surface area (Å²) in [5.74, 6) is 0. The van der Waals surface area contributed by atoms with Crippen LogP contribution in [0.25, 0.3) is 4.96 Å². The van der Waals surface area contributed by atoms with Crippen LogP contribution in [0.3, 0.4) is 0 Å². The molecule has 0 aromatic carbocycles. The van der Waals surface area contributed by atoms with Gasteiger partial charge in [0.1, 0.15) is 0 Å². The van der Waals surface area contributed by atoms with Crippen LogP contribution < -0.4 is 5.32 Å². The van der Waals surface area contributed by atoms with E-state index in [0.717, 1.165) is 17.2 Å². The number of thiazole rings is 1. The van der Waals surface area contributed by atoms with Crippen LogP contribution in [0.5, 0.6) is 0 Å². The van der Waals surface area contributed by atoms with Gasteiger partial charge in [0.2, 0.25) is 0 Å². The van der Waals surface area contributed by atoms with E-state index in [-0.39, 0.29) is 5.54 Å². The minimum Gasteiger partial charge on any atom is -0.306 e. The van der Waals surface area contributed by atoms with E-state index in [1.54, 1.807) is 11.3 Å². The van der Waals surface area contributed by atoms with Gasteiger partial charge in [-0.2, -0.15) is 0 Å². The maximum absolute atomic E-state index is 4.59. The number of imidazole rings is 1. The lowest BCUT2D eigenvalue weighted by Crippen LogP contribution is -2.43. The van der Waals surface area contributed by atoms with E-state index in [1.165, 1.54) is 25.0 Å². The smallest absolute Gasteiger partial charge is 0.194 e. The molecule has 0 atom stereocenters. The maximum atomic E-state index is 4.59. The van der Waals surface area contributed by atoms with Crippen molar-refractivity contribution in [2.24, 2.45) is 0 Å². The van der Waals surface area contributed by atoms with Gasteiger partial charge in [0.05, 0.1) is 11.4 Å². The lowest BCUT2D eigenvalue weighted by molar-refractivity contribution is 0.286. The summed E-state index contributed by atoms with van der Waals surface area (Å²) in [5, 5.41) is 5.85. The first kappa shape index (κ1) is 13.6. The van der Waals surface area contributed by atoms with Crippen LogP contribution in [0, 0.1) is 6.92 Å². The van der Waals surface area contributed by atoms with Gasteiger partial charge in [-0.3, -0.25) is 4.40 Å². The molecule has 0 spiro atoms. The Morgan fingerprint density at radius 3 is 2.56 bits per heavy atom. The lowest BCUT2D eigenvalue weighted by atomic mass is 9.90. The molecule has 18 heavy (non-hydrogen) atoms.